The molecule has 0 aliphatic heterocycles. The Kier molecular flexibility index (Phi) is 7.52. The summed E-state index contributed by atoms with van der Waals surface area (Å²) >= 11 is 5.84. The van der Waals surface area contributed by atoms with Gasteiger partial charge in [-0.1, -0.05) is 57.0 Å². The summed E-state index contributed by atoms with van der Waals surface area (Å²) in [4.78, 5) is 12.1. The number of esters is 1. The van der Waals surface area contributed by atoms with Crippen molar-refractivity contribution in [2.45, 2.75) is 58.7 Å². The highest BCUT2D eigenvalue weighted by atomic mass is 35.5. The molecule has 138 valence electrons. The number of hydrogen-bond donors (Lipinski definition) is 1. The van der Waals surface area contributed by atoms with Gasteiger partial charge in [0, 0.05) is 11.1 Å². The Labute approximate surface area is 156 Å². The summed E-state index contributed by atoms with van der Waals surface area (Å²) < 4.78 is 5.71. The van der Waals surface area contributed by atoms with Crippen LogP contribution in [0.25, 0.3) is 0 Å². The summed E-state index contributed by atoms with van der Waals surface area (Å²) in [5.41, 5.74) is 0.781. The van der Waals surface area contributed by atoms with Crippen molar-refractivity contribution in [1.82, 2.24) is 0 Å². The van der Waals surface area contributed by atoms with E-state index in [4.69, 9.17) is 16.3 Å². The van der Waals surface area contributed by atoms with E-state index < -0.39 is 6.10 Å². The largest absolute Gasteiger partial charge is 0.459 e. The molecule has 1 aromatic carbocycles. The lowest BCUT2D eigenvalue weighted by atomic mass is 9.75. The molecule has 25 heavy (non-hydrogen) atoms. The molecule has 4 heteroatoms. The van der Waals surface area contributed by atoms with Crippen LogP contribution in [0.4, 0.5) is 0 Å². The second-order valence-electron chi connectivity index (χ2n) is 7.51. The predicted molar refractivity (Wildman–Crippen MR) is 101 cm³/mol. The Morgan fingerprint density at radius 2 is 2.00 bits per heavy atom. The molecule has 0 spiro atoms. The minimum atomic E-state index is -0.653. The number of carbonyl (C=O) groups is 1. The highest BCUT2D eigenvalue weighted by molar-refractivity contribution is 6.30. The van der Waals surface area contributed by atoms with Crippen LogP contribution in [-0.2, 0) is 9.53 Å². The second kappa shape index (κ2) is 9.40. The second-order valence-corrected chi connectivity index (χ2v) is 7.94. The van der Waals surface area contributed by atoms with Crippen molar-refractivity contribution in [3.8, 4) is 0 Å². The molecule has 1 aliphatic rings. The lowest BCUT2D eigenvalue weighted by Crippen LogP contribution is -2.35. The first-order valence-corrected chi connectivity index (χ1v) is 9.55. The Morgan fingerprint density at radius 1 is 1.32 bits per heavy atom. The third-order valence-electron chi connectivity index (χ3n) is 5.10. The fourth-order valence-corrected chi connectivity index (χ4v) is 3.68. The molecular weight excluding hydrogens is 336 g/mol. The summed E-state index contributed by atoms with van der Waals surface area (Å²) in [5.74, 6) is 1.24. The lowest BCUT2D eigenvalue weighted by molar-refractivity contribution is -0.149. The average Bonchev–Trinajstić information content (AvgIpc) is 2.55. The van der Waals surface area contributed by atoms with Crippen LogP contribution in [0.2, 0.25) is 5.02 Å². The van der Waals surface area contributed by atoms with E-state index in [9.17, 15) is 9.90 Å². The maximum atomic E-state index is 12.1. The van der Waals surface area contributed by atoms with Gasteiger partial charge in [-0.05, 0) is 54.7 Å². The van der Waals surface area contributed by atoms with Crippen LogP contribution in [0.15, 0.2) is 36.4 Å². The van der Waals surface area contributed by atoms with Gasteiger partial charge in [0.15, 0.2) is 0 Å². The van der Waals surface area contributed by atoms with Gasteiger partial charge in [0.2, 0.25) is 0 Å². The van der Waals surface area contributed by atoms with Gasteiger partial charge in [-0.2, -0.15) is 0 Å². The molecule has 0 saturated heterocycles. The van der Waals surface area contributed by atoms with Crippen molar-refractivity contribution >= 4 is 17.6 Å². The van der Waals surface area contributed by atoms with Gasteiger partial charge in [-0.25, -0.2) is 4.79 Å². The molecule has 0 bridgehead atoms. The molecule has 1 aromatic rings. The van der Waals surface area contributed by atoms with Crippen LogP contribution < -0.4 is 0 Å². The zero-order chi connectivity index (χ0) is 18.4. The van der Waals surface area contributed by atoms with Gasteiger partial charge < -0.3 is 9.84 Å². The van der Waals surface area contributed by atoms with E-state index in [1.54, 1.807) is 30.3 Å². The highest BCUT2D eigenvalue weighted by Gasteiger charge is 2.32. The van der Waals surface area contributed by atoms with E-state index in [1.165, 1.54) is 12.5 Å². The fourth-order valence-electron chi connectivity index (χ4n) is 3.55. The predicted octanol–water partition coefficient (Wildman–Crippen LogP) is 5.32. The summed E-state index contributed by atoms with van der Waals surface area (Å²) in [6.45, 7) is 6.61. The van der Waals surface area contributed by atoms with Gasteiger partial charge in [0.1, 0.15) is 6.10 Å². The summed E-state index contributed by atoms with van der Waals surface area (Å²) in [6.07, 6.45) is 6.10. The molecule has 1 fully saturated rings. The van der Waals surface area contributed by atoms with Crippen LogP contribution >= 0.6 is 11.6 Å². The van der Waals surface area contributed by atoms with E-state index in [2.05, 4.69) is 20.8 Å². The first kappa shape index (κ1) is 20.0. The van der Waals surface area contributed by atoms with Crippen molar-refractivity contribution < 1.29 is 14.6 Å². The molecule has 2 rings (SSSR count). The first-order chi connectivity index (χ1) is 11.9. The van der Waals surface area contributed by atoms with Crippen molar-refractivity contribution in [3.05, 3.63) is 47.0 Å². The zero-order valence-corrected chi connectivity index (χ0v) is 16.1. The molecule has 0 aromatic heterocycles. The van der Waals surface area contributed by atoms with Gasteiger partial charge in [-0.3, -0.25) is 0 Å². The maximum absolute atomic E-state index is 12.1. The number of carbonyl (C=O) groups excluding carboxylic acids is 1. The zero-order valence-electron chi connectivity index (χ0n) is 15.3. The smallest absolute Gasteiger partial charge is 0.330 e. The monoisotopic (exact) mass is 364 g/mol. The van der Waals surface area contributed by atoms with Crippen LogP contribution in [0.1, 0.15) is 58.1 Å². The van der Waals surface area contributed by atoms with Gasteiger partial charge in [0.05, 0.1) is 6.10 Å². The molecular formula is C21H29ClO3. The minimum Gasteiger partial charge on any atom is -0.459 e. The maximum Gasteiger partial charge on any atom is 0.330 e. The number of halogens is 1. The van der Waals surface area contributed by atoms with Crippen LogP contribution in [0.5, 0.6) is 0 Å². The number of aliphatic hydroxyl groups excluding tert-OH is 1. The third kappa shape index (κ3) is 6.16. The molecule has 0 heterocycles. The number of benzene rings is 1. The van der Waals surface area contributed by atoms with Crippen LogP contribution in [-0.4, -0.2) is 17.2 Å². The van der Waals surface area contributed by atoms with E-state index in [0.29, 0.717) is 29.2 Å². The van der Waals surface area contributed by atoms with Gasteiger partial charge in [-0.15, -0.1) is 0 Å². The fraction of sp³-hybridized carbons (Fsp3) is 0.571. The summed E-state index contributed by atoms with van der Waals surface area (Å²) in [6, 6.07) is 7.06. The topological polar surface area (TPSA) is 46.5 Å². The summed E-state index contributed by atoms with van der Waals surface area (Å²) in [7, 11) is 0. The molecule has 1 unspecified atom stereocenters. The van der Waals surface area contributed by atoms with E-state index in [0.717, 1.165) is 18.4 Å². The molecule has 1 N–H and O–H groups in total. The van der Waals surface area contributed by atoms with Gasteiger partial charge >= 0.3 is 5.97 Å². The quantitative estimate of drug-likeness (QED) is 0.548. The molecule has 1 saturated carbocycles. The Bertz CT molecular complexity index is 579. The molecule has 4 atom stereocenters. The molecule has 0 amide bonds. The molecule has 1 aliphatic carbocycles. The van der Waals surface area contributed by atoms with Crippen molar-refractivity contribution in [3.63, 3.8) is 0 Å². The number of hydrogen-bond acceptors (Lipinski definition) is 3. The SMILES string of the molecule is CC(C)[C@@H]1CC[C@@H](C)C[C@H]1OC(=O)/C=C/CC(O)c1ccc(Cl)cc1. The third-order valence-corrected chi connectivity index (χ3v) is 5.35. The lowest BCUT2D eigenvalue weighted by Gasteiger charge is -2.36. The van der Waals surface area contributed by atoms with Gasteiger partial charge in [0.25, 0.3) is 0 Å². The summed E-state index contributed by atoms with van der Waals surface area (Å²) in [5, 5.41) is 10.8. The standard InChI is InChI=1S/C21H29ClO3/c1-14(2)18-12-7-15(3)13-20(18)25-21(24)6-4-5-19(23)16-8-10-17(22)11-9-16/h4,6,8-11,14-15,18-20,23H,5,7,12-13H2,1-3H3/b6-4+/t15-,18+,19?,20-/m1/s1. The Morgan fingerprint density at radius 3 is 2.64 bits per heavy atom. The van der Waals surface area contributed by atoms with Crippen molar-refractivity contribution in [2.24, 2.45) is 17.8 Å². The average molecular weight is 365 g/mol. The van der Waals surface area contributed by atoms with E-state index in [-0.39, 0.29) is 12.1 Å². The van der Waals surface area contributed by atoms with Crippen molar-refractivity contribution in [1.29, 1.82) is 0 Å². The number of ether oxygens (including phenoxy) is 1. The first-order valence-electron chi connectivity index (χ1n) is 9.17. The van der Waals surface area contributed by atoms with Crippen LogP contribution in [0, 0.1) is 17.8 Å². The normalized spacial score (nSPS) is 25.3. The highest BCUT2D eigenvalue weighted by Crippen LogP contribution is 2.35. The molecule has 0 radical (unpaired) electrons. The minimum absolute atomic E-state index is 0.00193. The Hall–Kier alpha value is -1.32. The number of aliphatic hydroxyl groups is 1. The van der Waals surface area contributed by atoms with Crippen LogP contribution in [0.3, 0.4) is 0 Å². The van der Waals surface area contributed by atoms with Crippen molar-refractivity contribution in [2.75, 3.05) is 0 Å². The van der Waals surface area contributed by atoms with E-state index in [1.807, 2.05) is 0 Å². The number of rotatable bonds is 6. The van der Waals surface area contributed by atoms with E-state index >= 15 is 0 Å². The Balaban J connectivity index is 1.85. The molecule has 3 nitrogen and oxygen atoms in total.